The highest BCUT2D eigenvalue weighted by Crippen LogP contribution is 2.32. The maximum atomic E-state index is 15.2. The van der Waals surface area contributed by atoms with Crippen molar-refractivity contribution in [3.8, 4) is 11.3 Å². The number of carboxylic acid groups (broad SMARTS) is 1. The Kier molecular flexibility index (Phi) is 5.33. The number of carbonyl (C=O) groups is 1. The molecule has 0 bridgehead atoms. The summed E-state index contributed by atoms with van der Waals surface area (Å²) in [4.78, 5) is 19.2. The molecule has 0 spiro atoms. The lowest BCUT2D eigenvalue weighted by atomic mass is 10.2. The van der Waals surface area contributed by atoms with Crippen LogP contribution in [-0.4, -0.2) is 45.5 Å². The van der Waals surface area contributed by atoms with Crippen molar-refractivity contribution in [1.82, 2.24) is 18.8 Å². The third kappa shape index (κ3) is 3.68. The molecule has 0 atom stereocenters. The molecule has 29 heavy (non-hydrogen) atoms. The largest absolute Gasteiger partial charge is 0.465 e. The molecule has 0 saturated heterocycles. The van der Waals surface area contributed by atoms with Gasteiger partial charge in [0.25, 0.3) is 10.0 Å². The molecule has 0 aliphatic carbocycles. The SMILES string of the molecule is Cc1cccnc1S(=O)(=O)n1cc(CN(C)C(=O)O)c(F)c1-c1cccnc1F. The van der Waals surface area contributed by atoms with Gasteiger partial charge in [-0.25, -0.2) is 23.1 Å². The van der Waals surface area contributed by atoms with Crippen LogP contribution in [0.4, 0.5) is 13.6 Å². The van der Waals surface area contributed by atoms with Crippen molar-refractivity contribution in [2.75, 3.05) is 7.05 Å². The number of nitrogens with zero attached hydrogens (tertiary/aromatic N) is 4. The van der Waals surface area contributed by atoms with Crippen molar-refractivity contribution < 1.29 is 27.1 Å². The first-order valence-corrected chi connectivity index (χ1v) is 9.70. The van der Waals surface area contributed by atoms with Crippen molar-refractivity contribution in [3.63, 3.8) is 0 Å². The number of hydrogen-bond donors (Lipinski definition) is 1. The number of hydrogen-bond acceptors (Lipinski definition) is 5. The summed E-state index contributed by atoms with van der Waals surface area (Å²) in [5, 5.41) is 8.71. The minimum Gasteiger partial charge on any atom is -0.465 e. The molecule has 8 nitrogen and oxygen atoms in total. The van der Waals surface area contributed by atoms with E-state index in [4.69, 9.17) is 5.11 Å². The lowest BCUT2D eigenvalue weighted by Crippen LogP contribution is -2.24. The molecule has 3 rings (SSSR count). The van der Waals surface area contributed by atoms with Gasteiger partial charge in [0, 0.05) is 31.2 Å². The highest BCUT2D eigenvalue weighted by Gasteiger charge is 2.30. The molecule has 0 radical (unpaired) electrons. The Labute approximate surface area is 165 Å². The fourth-order valence-electron chi connectivity index (χ4n) is 2.77. The van der Waals surface area contributed by atoms with Gasteiger partial charge in [-0.2, -0.15) is 12.8 Å². The first kappa shape index (κ1) is 20.4. The quantitative estimate of drug-likeness (QED) is 0.634. The van der Waals surface area contributed by atoms with Crippen LogP contribution < -0.4 is 0 Å². The Morgan fingerprint density at radius 1 is 1.21 bits per heavy atom. The van der Waals surface area contributed by atoms with Crippen LogP contribution in [0, 0.1) is 18.7 Å². The van der Waals surface area contributed by atoms with Crippen LogP contribution in [-0.2, 0) is 16.6 Å². The van der Waals surface area contributed by atoms with Crippen LogP contribution in [0.5, 0.6) is 0 Å². The number of amides is 1. The van der Waals surface area contributed by atoms with Gasteiger partial charge >= 0.3 is 6.09 Å². The van der Waals surface area contributed by atoms with Gasteiger partial charge in [0.15, 0.2) is 10.8 Å². The van der Waals surface area contributed by atoms with Crippen molar-refractivity contribution in [1.29, 1.82) is 0 Å². The Bertz CT molecular complexity index is 1190. The summed E-state index contributed by atoms with van der Waals surface area (Å²) < 4.78 is 56.5. The third-order valence-corrected chi connectivity index (χ3v) is 5.92. The summed E-state index contributed by atoms with van der Waals surface area (Å²) in [5.74, 6) is -2.14. The Morgan fingerprint density at radius 2 is 1.86 bits per heavy atom. The van der Waals surface area contributed by atoms with Crippen LogP contribution in [0.3, 0.4) is 0 Å². The minimum absolute atomic E-state index is 0.245. The smallest absolute Gasteiger partial charge is 0.407 e. The molecule has 0 aliphatic heterocycles. The average molecular weight is 422 g/mol. The molecule has 11 heteroatoms. The molecule has 3 aromatic rings. The van der Waals surface area contributed by atoms with Crippen LogP contribution in [0.1, 0.15) is 11.1 Å². The van der Waals surface area contributed by atoms with Gasteiger partial charge in [-0.05, 0) is 30.7 Å². The van der Waals surface area contributed by atoms with Gasteiger partial charge in [0.2, 0.25) is 5.95 Å². The van der Waals surface area contributed by atoms with Crippen molar-refractivity contribution >= 4 is 16.1 Å². The predicted octanol–water partition coefficient (Wildman–Crippen LogP) is 2.88. The molecule has 1 N–H and O–H groups in total. The summed E-state index contributed by atoms with van der Waals surface area (Å²) >= 11 is 0. The van der Waals surface area contributed by atoms with Gasteiger partial charge in [-0.1, -0.05) is 6.07 Å². The van der Waals surface area contributed by atoms with Gasteiger partial charge in [-0.3, -0.25) is 0 Å². The molecule has 3 heterocycles. The number of halogens is 2. The number of aryl methyl sites for hydroxylation is 1. The summed E-state index contributed by atoms with van der Waals surface area (Å²) in [6.07, 6.45) is 2.00. The fourth-order valence-corrected chi connectivity index (χ4v) is 4.31. The summed E-state index contributed by atoms with van der Waals surface area (Å²) in [7, 11) is -3.22. The van der Waals surface area contributed by atoms with Crippen molar-refractivity contribution in [2.24, 2.45) is 0 Å². The Balaban J connectivity index is 2.30. The second kappa shape index (κ2) is 7.59. The van der Waals surface area contributed by atoms with Crippen LogP contribution >= 0.6 is 0 Å². The molecule has 3 aromatic heterocycles. The lowest BCUT2D eigenvalue weighted by molar-refractivity contribution is 0.153. The highest BCUT2D eigenvalue weighted by atomic mass is 32.2. The molecule has 0 aromatic carbocycles. The molecular formula is C18H16F2N4O4S. The standard InChI is InChI=1S/C18H16F2N4O4S/c1-11-5-3-8-22-17(11)29(27,28)24-10-12(9-23(2)18(25)26)14(19)15(24)13-6-4-7-21-16(13)20/h3-8,10H,9H2,1-2H3,(H,25,26). The Morgan fingerprint density at radius 3 is 2.48 bits per heavy atom. The number of rotatable bonds is 5. The van der Waals surface area contributed by atoms with E-state index in [9.17, 15) is 17.6 Å². The van der Waals surface area contributed by atoms with Gasteiger partial charge < -0.3 is 10.0 Å². The van der Waals surface area contributed by atoms with Gasteiger partial charge in [-0.15, -0.1) is 0 Å². The molecule has 1 amide bonds. The van der Waals surface area contributed by atoms with E-state index in [1.165, 1.54) is 38.4 Å². The fraction of sp³-hybridized carbons (Fsp3) is 0.167. The van der Waals surface area contributed by atoms with E-state index < -0.39 is 40.1 Å². The molecular weight excluding hydrogens is 406 g/mol. The Hall–Kier alpha value is -3.34. The predicted molar refractivity (Wildman–Crippen MR) is 98.6 cm³/mol. The van der Waals surface area contributed by atoms with E-state index >= 15 is 4.39 Å². The average Bonchev–Trinajstić information content (AvgIpc) is 2.99. The van der Waals surface area contributed by atoms with Gasteiger partial charge in [0.1, 0.15) is 5.69 Å². The summed E-state index contributed by atoms with van der Waals surface area (Å²) in [6, 6.07) is 5.57. The molecule has 152 valence electrons. The first-order chi connectivity index (χ1) is 13.6. The third-order valence-electron chi connectivity index (χ3n) is 4.20. The molecule has 0 unspecified atom stereocenters. The zero-order valence-electron chi connectivity index (χ0n) is 15.4. The van der Waals surface area contributed by atoms with E-state index in [0.717, 1.165) is 17.3 Å². The van der Waals surface area contributed by atoms with Gasteiger partial charge in [0.05, 0.1) is 12.1 Å². The molecule has 0 aliphatic rings. The first-order valence-electron chi connectivity index (χ1n) is 8.26. The van der Waals surface area contributed by atoms with Crippen molar-refractivity contribution in [3.05, 3.63) is 65.7 Å². The zero-order valence-corrected chi connectivity index (χ0v) is 16.2. The molecule has 0 fully saturated rings. The maximum absolute atomic E-state index is 15.2. The number of aromatic nitrogens is 3. The van der Waals surface area contributed by atoms with Crippen LogP contribution in [0.2, 0.25) is 0 Å². The second-order valence-corrected chi connectivity index (χ2v) is 7.95. The topological polar surface area (TPSA) is 105 Å². The number of pyridine rings is 2. The minimum atomic E-state index is -4.42. The summed E-state index contributed by atoms with van der Waals surface area (Å²) in [6.45, 7) is 1.07. The van der Waals surface area contributed by atoms with E-state index in [1.54, 1.807) is 6.07 Å². The lowest BCUT2D eigenvalue weighted by Gasteiger charge is -2.11. The monoisotopic (exact) mass is 422 g/mol. The van der Waals surface area contributed by atoms with E-state index in [1.807, 2.05) is 0 Å². The summed E-state index contributed by atoms with van der Waals surface area (Å²) in [5.41, 5.74) is -0.908. The second-order valence-electron chi connectivity index (χ2n) is 6.22. The van der Waals surface area contributed by atoms with E-state index in [2.05, 4.69) is 9.97 Å². The maximum Gasteiger partial charge on any atom is 0.407 e. The normalized spacial score (nSPS) is 11.4. The van der Waals surface area contributed by atoms with E-state index in [-0.39, 0.29) is 16.2 Å². The zero-order chi connectivity index (χ0) is 21.3. The van der Waals surface area contributed by atoms with Crippen molar-refractivity contribution in [2.45, 2.75) is 18.5 Å². The van der Waals surface area contributed by atoms with Crippen LogP contribution in [0.15, 0.2) is 47.9 Å². The highest BCUT2D eigenvalue weighted by molar-refractivity contribution is 7.90. The van der Waals surface area contributed by atoms with E-state index in [0.29, 0.717) is 9.54 Å². The molecule has 0 saturated carbocycles. The van der Waals surface area contributed by atoms with Crippen LogP contribution in [0.25, 0.3) is 11.3 Å².